The Kier molecular flexibility index (Phi) is 5.23. The van der Waals surface area contributed by atoms with Crippen molar-refractivity contribution in [3.8, 4) is 0 Å². The van der Waals surface area contributed by atoms with Gasteiger partial charge in [-0.3, -0.25) is 0 Å². The normalized spacial score (nSPS) is 23.9. The lowest BCUT2D eigenvalue weighted by Crippen LogP contribution is -2.43. The number of nitrogens with zero attached hydrogens (tertiary/aromatic N) is 2. The van der Waals surface area contributed by atoms with Gasteiger partial charge in [0.2, 0.25) is 0 Å². The number of alkyl halides is 6. The van der Waals surface area contributed by atoms with Crippen LogP contribution in [0.25, 0.3) is 0 Å². The fraction of sp³-hybridized carbons (Fsp3) is 0.471. The third-order valence-electron chi connectivity index (χ3n) is 4.86. The van der Waals surface area contributed by atoms with Crippen LogP contribution in [0, 0.1) is 0 Å². The van der Waals surface area contributed by atoms with E-state index in [2.05, 4.69) is 5.10 Å². The van der Waals surface area contributed by atoms with Gasteiger partial charge in [0, 0.05) is 12.6 Å². The van der Waals surface area contributed by atoms with Crippen molar-refractivity contribution in [3.05, 3.63) is 47.8 Å². The van der Waals surface area contributed by atoms with E-state index in [0.717, 1.165) is 35.1 Å². The minimum absolute atomic E-state index is 0.0323. The summed E-state index contributed by atoms with van der Waals surface area (Å²) in [6.45, 7) is 1.23. The molecule has 1 saturated heterocycles. The molecular weight excluding hydrogens is 426 g/mol. The monoisotopic (exact) mass is 442 g/mol. The van der Waals surface area contributed by atoms with E-state index in [0.29, 0.717) is 6.07 Å². The zero-order chi connectivity index (χ0) is 21.7. The topological polar surface area (TPSA) is 61.2 Å². The number of hydrogen-bond donors (Lipinski definition) is 0. The van der Waals surface area contributed by atoms with E-state index in [-0.39, 0.29) is 19.4 Å². The summed E-state index contributed by atoms with van der Waals surface area (Å²) in [4.78, 5) is -0.507. The highest BCUT2D eigenvalue weighted by molar-refractivity contribution is 7.92. The molecule has 0 saturated carbocycles. The maximum absolute atomic E-state index is 13.1. The van der Waals surface area contributed by atoms with Crippen LogP contribution in [0.4, 0.5) is 26.3 Å². The highest BCUT2D eigenvalue weighted by atomic mass is 32.2. The molecule has 160 valence electrons. The number of aromatic nitrogens is 2. The van der Waals surface area contributed by atoms with Gasteiger partial charge in [-0.15, -0.1) is 0 Å². The fourth-order valence-electron chi connectivity index (χ4n) is 3.13. The van der Waals surface area contributed by atoms with Crippen LogP contribution in [0.5, 0.6) is 0 Å². The number of benzene rings is 1. The van der Waals surface area contributed by atoms with Crippen molar-refractivity contribution < 1.29 is 39.5 Å². The van der Waals surface area contributed by atoms with Crippen LogP contribution in [-0.4, -0.2) is 29.6 Å². The van der Waals surface area contributed by atoms with Gasteiger partial charge in [-0.05, 0) is 37.6 Å². The molecule has 1 aromatic carbocycles. The van der Waals surface area contributed by atoms with Crippen LogP contribution < -0.4 is 0 Å². The molecule has 0 amide bonds. The van der Waals surface area contributed by atoms with E-state index in [1.54, 1.807) is 0 Å². The number of halogens is 6. The van der Waals surface area contributed by atoms with E-state index in [1.807, 2.05) is 0 Å². The maximum atomic E-state index is 13.1. The molecule has 2 heterocycles. The molecule has 0 aliphatic carbocycles. The molecule has 29 heavy (non-hydrogen) atoms. The predicted molar refractivity (Wildman–Crippen MR) is 88.5 cm³/mol. The highest BCUT2D eigenvalue weighted by Crippen LogP contribution is 2.41. The van der Waals surface area contributed by atoms with E-state index in [9.17, 15) is 34.8 Å². The minimum atomic E-state index is -4.71. The van der Waals surface area contributed by atoms with Gasteiger partial charge in [-0.1, -0.05) is 6.07 Å². The smallest absolute Gasteiger partial charge is 0.356 e. The van der Waals surface area contributed by atoms with Crippen molar-refractivity contribution in [2.75, 3.05) is 6.61 Å². The van der Waals surface area contributed by atoms with Gasteiger partial charge in [0.1, 0.15) is 0 Å². The Balaban J connectivity index is 1.92. The van der Waals surface area contributed by atoms with Gasteiger partial charge in [0.05, 0.1) is 21.8 Å². The molecule has 3 rings (SSSR count). The Morgan fingerprint density at radius 1 is 1.14 bits per heavy atom. The largest absolute Gasteiger partial charge is 0.435 e. The molecule has 1 fully saturated rings. The highest BCUT2D eigenvalue weighted by Gasteiger charge is 2.46. The van der Waals surface area contributed by atoms with Gasteiger partial charge in [-0.2, -0.15) is 31.4 Å². The number of hydrogen-bond acceptors (Lipinski definition) is 4. The molecule has 2 unspecified atom stereocenters. The van der Waals surface area contributed by atoms with Crippen LogP contribution in [0.1, 0.15) is 37.3 Å². The van der Waals surface area contributed by atoms with Crippen LogP contribution >= 0.6 is 0 Å². The van der Waals surface area contributed by atoms with Crippen molar-refractivity contribution in [2.45, 2.75) is 48.0 Å². The summed E-state index contributed by atoms with van der Waals surface area (Å²) in [7, 11) is -4.25. The van der Waals surface area contributed by atoms with Crippen LogP contribution in [-0.2, 0) is 26.9 Å². The van der Waals surface area contributed by atoms with Gasteiger partial charge in [0.15, 0.2) is 21.8 Å². The zero-order valence-electron chi connectivity index (χ0n) is 15.0. The van der Waals surface area contributed by atoms with Crippen molar-refractivity contribution in [1.29, 1.82) is 0 Å². The van der Waals surface area contributed by atoms with E-state index >= 15 is 0 Å². The molecule has 1 aliphatic rings. The first-order chi connectivity index (χ1) is 13.2. The first-order valence-corrected chi connectivity index (χ1v) is 9.88. The zero-order valence-corrected chi connectivity index (χ0v) is 15.8. The Labute approximate surface area is 162 Å². The van der Waals surface area contributed by atoms with E-state index in [4.69, 9.17) is 4.74 Å². The molecule has 2 atom stereocenters. The van der Waals surface area contributed by atoms with Crippen molar-refractivity contribution in [3.63, 3.8) is 0 Å². The summed E-state index contributed by atoms with van der Waals surface area (Å²) >= 11 is 0. The summed E-state index contributed by atoms with van der Waals surface area (Å²) in [6.07, 6.45) is -9.78. The lowest BCUT2D eigenvalue weighted by atomic mass is 10.00. The Morgan fingerprint density at radius 3 is 2.41 bits per heavy atom. The minimum Gasteiger partial charge on any atom is -0.356 e. The Hall–Kier alpha value is -2.08. The number of sulfone groups is 1. The summed E-state index contributed by atoms with van der Waals surface area (Å²) in [6, 6.07) is 4.11. The van der Waals surface area contributed by atoms with Crippen LogP contribution in [0.3, 0.4) is 0 Å². The molecule has 12 heteroatoms. The molecule has 1 aliphatic heterocycles. The van der Waals surface area contributed by atoms with Gasteiger partial charge in [0.25, 0.3) is 0 Å². The second kappa shape index (κ2) is 7.01. The predicted octanol–water partition coefficient (Wildman–Crippen LogP) is 4.46. The van der Waals surface area contributed by atoms with Crippen LogP contribution in [0.2, 0.25) is 0 Å². The summed E-state index contributed by atoms with van der Waals surface area (Å²) < 4.78 is 108. The molecule has 0 spiro atoms. The van der Waals surface area contributed by atoms with E-state index < -0.39 is 49.3 Å². The quantitative estimate of drug-likeness (QED) is 0.659. The number of ether oxygens (including phenoxy) is 1. The SMILES string of the molecule is CC1(S(=O)(=O)c2cccc(C(F)(F)F)c2)CCOC(n2ccc(C(F)(F)F)n2)C1. The molecule has 2 aromatic rings. The average molecular weight is 442 g/mol. The van der Waals surface area contributed by atoms with Gasteiger partial charge >= 0.3 is 12.4 Å². The van der Waals surface area contributed by atoms with Crippen LogP contribution in [0.15, 0.2) is 41.4 Å². The Bertz CT molecular complexity index is 999. The molecule has 1 aromatic heterocycles. The first kappa shape index (κ1) is 21.6. The fourth-order valence-corrected chi connectivity index (χ4v) is 4.95. The van der Waals surface area contributed by atoms with Crippen molar-refractivity contribution in [1.82, 2.24) is 9.78 Å². The third-order valence-corrected chi connectivity index (χ3v) is 7.40. The average Bonchev–Trinajstić information content (AvgIpc) is 3.12. The molecule has 5 nitrogen and oxygen atoms in total. The van der Waals surface area contributed by atoms with Crippen molar-refractivity contribution >= 4 is 9.84 Å². The molecule has 0 radical (unpaired) electrons. The summed E-state index contributed by atoms with van der Waals surface area (Å²) in [5, 5.41) is 3.40. The Morgan fingerprint density at radius 2 is 1.83 bits per heavy atom. The van der Waals surface area contributed by atoms with Gasteiger partial charge in [-0.25, -0.2) is 13.1 Å². The number of rotatable bonds is 3. The third kappa shape index (κ3) is 4.13. The molecule has 0 bridgehead atoms. The van der Waals surface area contributed by atoms with E-state index in [1.165, 1.54) is 6.92 Å². The summed E-state index contributed by atoms with van der Waals surface area (Å²) in [5.74, 6) is 0. The standard InChI is InChI=1S/C17H16F6N2O3S/c1-15(29(26,27)12-4-2-3-11(9-12)16(18,19)20)6-8-28-14(10-15)25-7-5-13(24-25)17(21,22)23/h2-5,7,9,14H,6,8,10H2,1H3. The lowest BCUT2D eigenvalue weighted by Gasteiger charge is -2.37. The maximum Gasteiger partial charge on any atom is 0.435 e. The summed E-state index contributed by atoms with van der Waals surface area (Å²) in [5.41, 5.74) is -2.26. The molecular formula is C17H16F6N2O3S. The second-order valence-electron chi connectivity index (χ2n) is 6.94. The van der Waals surface area contributed by atoms with Gasteiger partial charge < -0.3 is 4.74 Å². The first-order valence-electron chi connectivity index (χ1n) is 8.40. The lowest BCUT2D eigenvalue weighted by molar-refractivity contribution is -0.142. The van der Waals surface area contributed by atoms with Crippen molar-refractivity contribution in [2.24, 2.45) is 0 Å². The second-order valence-corrected chi connectivity index (χ2v) is 9.40. The molecule has 0 N–H and O–H groups in total.